The third-order valence-electron chi connectivity index (χ3n) is 2.99. The number of halogens is 1. The third-order valence-corrected chi connectivity index (χ3v) is 3.48. The lowest BCUT2D eigenvalue weighted by molar-refractivity contribution is 0.554. The number of hydrogen-bond donors (Lipinski definition) is 1. The molecule has 2 aromatic rings. The van der Waals surface area contributed by atoms with Gasteiger partial charge in [0.15, 0.2) is 0 Å². The number of benzene rings is 1. The maximum atomic E-state index is 5.76. The van der Waals surface area contributed by atoms with Gasteiger partial charge >= 0.3 is 0 Å². The summed E-state index contributed by atoms with van der Waals surface area (Å²) in [6.07, 6.45) is 0. The highest BCUT2D eigenvalue weighted by Crippen LogP contribution is 2.27. The standard InChI is InChI=1S/C13H18BrN3/c1-8(2)17-12-5-4-10(14)6-11(12)16-13(17)9(3)7-15/h4-6,8-9H,7,15H2,1-3H3. The highest BCUT2D eigenvalue weighted by Gasteiger charge is 2.17. The second kappa shape index (κ2) is 4.78. The highest BCUT2D eigenvalue weighted by molar-refractivity contribution is 9.10. The van der Waals surface area contributed by atoms with Crippen molar-refractivity contribution in [3.8, 4) is 0 Å². The molecule has 0 bridgehead atoms. The summed E-state index contributed by atoms with van der Waals surface area (Å²) >= 11 is 3.48. The Morgan fingerprint density at radius 1 is 1.35 bits per heavy atom. The van der Waals surface area contributed by atoms with Crippen molar-refractivity contribution in [3.05, 3.63) is 28.5 Å². The van der Waals surface area contributed by atoms with Crippen molar-refractivity contribution in [1.82, 2.24) is 9.55 Å². The molecular formula is C13H18BrN3. The zero-order valence-corrected chi connectivity index (χ0v) is 12.0. The van der Waals surface area contributed by atoms with Crippen LogP contribution in [0.5, 0.6) is 0 Å². The number of rotatable bonds is 3. The van der Waals surface area contributed by atoms with Crippen molar-refractivity contribution in [3.63, 3.8) is 0 Å². The van der Waals surface area contributed by atoms with Crippen LogP contribution in [0.3, 0.4) is 0 Å². The molecule has 2 N–H and O–H groups in total. The van der Waals surface area contributed by atoms with Crippen molar-refractivity contribution in [1.29, 1.82) is 0 Å². The van der Waals surface area contributed by atoms with E-state index in [4.69, 9.17) is 10.7 Å². The van der Waals surface area contributed by atoms with Gasteiger partial charge in [0.05, 0.1) is 11.0 Å². The smallest absolute Gasteiger partial charge is 0.114 e. The van der Waals surface area contributed by atoms with Crippen LogP contribution in [0.25, 0.3) is 11.0 Å². The quantitative estimate of drug-likeness (QED) is 0.943. The summed E-state index contributed by atoms with van der Waals surface area (Å²) in [5, 5.41) is 0. The van der Waals surface area contributed by atoms with Gasteiger partial charge in [0.25, 0.3) is 0 Å². The molecular weight excluding hydrogens is 278 g/mol. The second-order valence-electron chi connectivity index (χ2n) is 4.70. The van der Waals surface area contributed by atoms with Crippen LogP contribution in [-0.4, -0.2) is 16.1 Å². The van der Waals surface area contributed by atoms with E-state index in [1.54, 1.807) is 0 Å². The van der Waals surface area contributed by atoms with E-state index in [1.165, 1.54) is 5.52 Å². The molecule has 17 heavy (non-hydrogen) atoms. The van der Waals surface area contributed by atoms with Crippen LogP contribution in [0.1, 0.15) is 38.6 Å². The largest absolute Gasteiger partial charge is 0.330 e. The van der Waals surface area contributed by atoms with Crippen LogP contribution in [0.2, 0.25) is 0 Å². The van der Waals surface area contributed by atoms with Gasteiger partial charge in [0, 0.05) is 23.0 Å². The molecule has 1 heterocycles. The van der Waals surface area contributed by atoms with Crippen molar-refractivity contribution >= 4 is 27.0 Å². The first-order valence-electron chi connectivity index (χ1n) is 5.92. The fourth-order valence-electron chi connectivity index (χ4n) is 2.09. The number of aromatic nitrogens is 2. The molecule has 1 unspecified atom stereocenters. The van der Waals surface area contributed by atoms with Gasteiger partial charge in [-0.05, 0) is 32.0 Å². The zero-order chi connectivity index (χ0) is 12.6. The molecule has 1 aromatic heterocycles. The fraction of sp³-hybridized carbons (Fsp3) is 0.462. The van der Waals surface area contributed by atoms with E-state index in [0.29, 0.717) is 12.6 Å². The maximum absolute atomic E-state index is 5.76. The first-order chi connectivity index (χ1) is 8.04. The van der Waals surface area contributed by atoms with E-state index in [1.807, 2.05) is 0 Å². The predicted molar refractivity (Wildman–Crippen MR) is 75.3 cm³/mol. The number of nitrogens with zero attached hydrogens (tertiary/aromatic N) is 2. The minimum atomic E-state index is 0.281. The van der Waals surface area contributed by atoms with Gasteiger partial charge in [0.1, 0.15) is 5.82 Å². The lowest BCUT2D eigenvalue weighted by atomic mass is 10.1. The van der Waals surface area contributed by atoms with E-state index in [2.05, 4.69) is 59.5 Å². The monoisotopic (exact) mass is 295 g/mol. The molecule has 0 aliphatic carbocycles. The molecule has 0 aliphatic rings. The summed E-state index contributed by atoms with van der Waals surface area (Å²) in [5.74, 6) is 1.36. The first kappa shape index (κ1) is 12.6. The lowest BCUT2D eigenvalue weighted by Gasteiger charge is -2.16. The van der Waals surface area contributed by atoms with Crippen molar-refractivity contribution in [2.24, 2.45) is 5.73 Å². The topological polar surface area (TPSA) is 43.8 Å². The van der Waals surface area contributed by atoms with Gasteiger partial charge < -0.3 is 10.3 Å². The zero-order valence-electron chi connectivity index (χ0n) is 10.4. The summed E-state index contributed by atoms with van der Waals surface area (Å²) in [6.45, 7) is 7.10. The molecule has 0 fully saturated rings. The number of nitrogens with two attached hydrogens (primary N) is 1. The van der Waals surface area contributed by atoms with Gasteiger partial charge in [0.2, 0.25) is 0 Å². The fourth-order valence-corrected chi connectivity index (χ4v) is 2.44. The summed E-state index contributed by atoms with van der Waals surface area (Å²) < 4.78 is 3.34. The van der Waals surface area contributed by atoms with Crippen LogP contribution >= 0.6 is 15.9 Å². The van der Waals surface area contributed by atoms with Crippen LogP contribution in [0.15, 0.2) is 22.7 Å². The minimum Gasteiger partial charge on any atom is -0.330 e. The van der Waals surface area contributed by atoms with Crippen LogP contribution < -0.4 is 5.73 Å². The Morgan fingerprint density at radius 3 is 2.65 bits per heavy atom. The Hall–Kier alpha value is -0.870. The van der Waals surface area contributed by atoms with Crippen molar-refractivity contribution < 1.29 is 0 Å². The van der Waals surface area contributed by atoms with E-state index >= 15 is 0 Å². The Kier molecular flexibility index (Phi) is 3.54. The highest BCUT2D eigenvalue weighted by atomic mass is 79.9. The SMILES string of the molecule is CC(CN)c1nc2cc(Br)ccc2n1C(C)C. The average Bonchev–Trinajstić information content (AvgIpc) is 2.66. The lowest BCUT2D eigenvalue weighted by Crippen LogP contribution is -2.16. The average molecular weight is 296 g/mol. The molecule has 0 saturated heterocycles. The van der Waals surface area contributed by atoms with E-state index in [-0.39, 0.29) is 5.92 Å². The summed E-state index contributed by atoms with van der Waals surface area (Å²) in [4.78, 5) is 4.72. The van der Waals surface area contributed by atoms with Gasteiger partial charge in [-0.1, -0.05) is 22.9 Å². The molecule has 92 valence electrons. The van der Waals surface area contributed by atoms with Crippen LogP contribution in [-0.2, 0) is 0 Å². The van der Waals surface area contributed by atoms with Crippen molar-refractivity contribution in [2.45, 2.75) is 32.7 Å². The molecule has 0 radical (unpaired) electrons. The molecule has 1 aromatic carbocycles. The molecule has 2 rings (SSSR count). The molecule has 0 saturated carbocycles. The molecule has 4 heteroatoms. The van der Waals surface area contributed by atoms with E-state index in [0.717, 1.165) is 15.8 Å². The minimum absolute atomic E-state index is 0.281. The molecule has 1 atom stereocenters. The first-order valence-corrected chi connectivity index (χ1v) is 6.71. The Morgan fingerprint density at radius 2 is 2.06 bits per heavy atom. The molecule has 0 amide bonds. The van der Waals surface area contributed by atoms with Crippen molar-refractivity contribution in [2.75, 3.05) is 6.54 Å². The number of hydrogen-bond acceptors (Lipinski definition) is 2. The van der Waals surface area contributed by atoms with Gasteiger partial charge in [-0.3, -0.25) is 0 Å². The summed E-state index contributed by atoms with van der Waals surface area (Å²) in [7, 11) is 0. The third kappa shape index (κ3) is 2.24. The molecule has 0 aliphatic heterocycles. The van der Waals surface area contributed by atoms with E-state index < -0.39 is 0 Å². The predicted octanol–water partition coefficient (Wildman–Crippen LogP) is 3.44. The summed E-state index contributed by atoms with van der Waals surface area (Å²) in [6, 6.07) is 6.62. The number of fused-ring (bicyclic) bond motifs is 1. The Balaban J connectivity index is 2.70. The molecule has 3 nitrogen and oxygen atoms in total. The van der Waals surface area contributed by atoms with Gasteiger partial charge in [-0.2, -0.15) is 0 Å². The number of imidazole rings is 1. The molecule has 0 spiro atoms. The second-order valence-corrected chi connectivity index (χ2v) is 5.62. The van der Waals surface area contributed by atoms with E-state index in [9.17, 15) is 0 Å². The Labute approximate surface area is 110 Å². The van der Waals surface area contributed by atoms with Gasteiger partial charge in [-0.15, -0.1) is 0 Å². The Bertz CT molecular complexity index is 531. The van der Waals surface area contributed by atoms with Gasteiger partial charge in [-0.25, -0.2) is 4.98 Å². The summed E-state index contributed by atoms with van der Waals surface area (Å²) in [5.41, 5.74) is 7.97. The van der Waals surface area contributed by atoms with Crippen LogP contribution in [0.4, 0.5) is 0 Å². The normalized spacial score (nSPS) is 13.5. The van der Waals surface area contributed by atoms with Crippen LogP contribution in [0, 0.1) is 0 Å². The maximum Gasteiger partial charge on any atom is 0.114 e.